The number of nitrogens with one attached hydrogen (secondary N) is 1. The van der Waals surface area contributed by atoms with Gasteiger partial charge in [-0.15, -0.1) is 11.3 Å². The third-order valence-corrected chi connectivity index (χ3v) is 10.7. The summed E-state index contributed by atoms with van der Waals surface area (Å²) in [5.41, 5.74) is 2.51. The molecule has 0 fully saturated rings. The van der Waals surface area contributed by atoms with Gasteiger partial charge in [0.15, 0.2) is 0 Å². The lowest BCUT2D eigenvalue weighted by Crippen LogP contribution is -2.41. The number of nitrogens with zero attached hydrogens (tertiary/aromatic N) is 1. The quantitative estimate of drug-likeness (QED) is 0.0586. The number of rotatable bonds is 27. The highest BCUT2D eigenvalue weighted by atomic mass is 32.1. The molecule has 1 atom stereocenters. The third kappa shape index (κ3) is 16.7. The van der Waals surface area contributed by atoms with Crippen LogP contribution < -0.4 is 10.1 Å². The van der Waals surface area contributed by atoms with Crippen LogP contribution in [-0.4, -0.2) is 42.5 Å². The van der Waals surface area contributed by atoms with Gasteiger partial charge in [0.25, 0.3) is 0 Å². The number of ether oxygens (including phenoxy) is 1. The van der Waals surface area contributed by atoms with Crippen molar-refractivity contribution in [3.8, 4) is 5.75 Å². The zero-order valence-electron chi connectivity index (χ0n) is 30.0. The summed E-state index contributed by atoms with van der Waals surface area (Å²) in [5.74, 6) is 0.622. The SMILES string of the molecule is CCCCCCCCCCCCCCCCCC(=O)NCCCC(=O)Oc1cccc2c1CCC(N(CCC)CCc1cccs1)C2. The molecule has 47 heavy (non-hydrogen) atoms. The van der Waals surface area contributed by atoms with E-state index in [0.29, 0.717) is 31.8 Å². The molecule has 1 aliphatic carbocycles. The van der Waals surface area contributed by atoms with Gasteiger partial charge in [-0.1, -0.05) is 122 Å². The first kappa shape index (κ1) is 39.3. The topological polar surface area (TPSA) is 58.6 Å². The number of carbonyl (C=O) groups excluding carboxylic acids is 2. The molecule has 1 aliphatic rings. The fourth-order valence-electron chi connectivity index (χ4n) is 7.01. The van der Waals surface area contributed by atoms with E-state index in [0.717, 1.165) is 63.8 Å². The first-order valence-electron chi connectivity index (χ1n) is 19.4. The first-order chi connectivity index (χ1) is 23.1. The molecule has 1 heterocycles. The zero-order chi connectivity index (χ0) is 33.4. The Bertz CT molecular complexity index is 1100. The van der Waals surface area contributed by atoms with Crippen LogP contribution in [0.25, 0.3) is 0 Å². The molecule has 0 bridgehead atoms. The molecular weight excluding hydrogens is 601 g/mol. The number of hydrogen-bond donors (Lipinski definition) is 1. The summed E-state index contributed by atoms with van der Waals surface area (Å²) in [6, 6.07) is 11.1. The molecule has 2 aromatic rings. The minimum Gasteiger partial charge on any atom is -0.426 e. The Morgan fingerprint density at radius 2 is 1.47 bits per heavy atom. The third-order valence-electron chi connectivity index (χ3n) is 9.78. The highest BCUT2D eigenvalue weighted by Gasteiger charge is 2.26. The molecule has 0 radical (unpaired) electrons. The molecule has 0 saturated carbocycles. The molecule has 0 spiro atoms. The van der Waals surface area contributed by atoms with E-state index >= 15 is 0 Å². The average Bonchev–Trinajstić information content (AvgIpc) is 3.60. The number of carbonyl (C=O) groups is 2. The lowest BCUT2D eigenvalue weighted by Gasteiger charge is -2.35. The van der Waals surface area contributed by atoms with E-state index in [4.69, 9.17) is 4.74 Å². The Morgan fingerprint density at radius 1 is 0.787 bits per heavy atom. The maximum Gasteiger partial charge on any atom is 0.311 e. The Hall–Kier alpha value is -2.18. The number of hydrogen-bond acceptors (Lipinski definition) is 5. The Labute approximate surface area is 291 Å². The standard InChI is InChI=1S/C41H66N2O3S/c1-3-5-6-7-8-9-10-11-12-13-14-15-16-17-18-25-40(44)42-30-20-26-41(45)46-39-24-19-22-35-34-36(27-28-38(35)39)43(31-4-2)32-29-37-23-21-33-47-37/h19,21-24,33,36H,3-18,20,25-32,34H2,1-2H3,(H,42,44). The highest BCUT2D eigenvalue weighted by Crippen LogP contribution is 2.32. The molecule has 0 aliphatic heterocycles. The summed E-state index contributed by atoms with van der Waals surface area (Å²) in [6.45, 7) is 7.29. The number of benzene rings is 1. The fraction of sp³-hybridized carbons (Fsp3) is 0.707. The van der Waals surface area contributed by atoms with E-state index in [-0.39, 0.29) is 11.9 Å². The van der Waals surface area contributed by atoms with Crippen LogP contribution in [0.3, 0.4) is 0 Å². The Morgan fingerprint density at radius 3 is 2.11 bits per heavy atom. The molecule has 6 heteroatoms. The average molecular weight is 667 g/mol. The molecule has 1 aromatic carbocycles. The molecular formula is C41H66N2O3S. The molecule has 264 valence electrons. The van der Waals surface area contributed by atoms with Gasteiger partial charge in [-0.3, -0.25) is 14.5 Å². The zero-order valence-corrected chi connectivity index (χ0v) is 30.8. The van der Waals surface area contributed by atoms with Crippen LogP contribution in [0, 0.1) is 0 Å². The molecule has 1 unspecified atom stereocenters. The van der Waals surface area contributed by atoms with Crippen molar-refractivity contribution in [2.45, 2.75) is 168 Å². The van der Waals surface area contributed by atoms with Gasteiger partial charge in [-0.05, 0) is 80.1 Å². The number of amides is 1. The smallest absolute Gasteiger partial charge is 0.311 e. The van der Waals surface area contributed by atoms with Crippen molar-refractivity contribution in [3.05, 3.63) is 51.7 Å². The summed E-state index contributed by atoms with van der Waals surface area (Å²) in [5, 5.41) is 5.16. The highest BCUT2D eigenvalue weighted by molar-refractivity contribution is 7.09. The second-order valence-corrected chi connectivity index (χ2v) is 14.8. The van der Waals surface area contributed by atoms with Gasteiger partial charge in [0.2, 0.25) is 5.91 Å². The molecule has 1 amide bonds. The largest absolute Gasteiger partial charge is 0.426 e. The summed E-state index contributed by atoms with van der Waals surface area (Å²) >= 11 is 1.85. The van der Waals surface area contributed by atoms with Gasteiger partial charge in [-0.25, -0.2) is 0 Å². The first-order valence-corrected chi connectivity index (χ1v) is 20.3. The predicted molar refractivity (Wildman–Crippen MR) is 200 cm³/mol. The minimum absolute atomic E-state index is 0.104. The van der Waals surface area contributed by atoms with Crippen molar-refractivity contribution >= 4 is 23.2 Å². The number of unbranched alkanes of at least 4 members (excludes halogenated alkanes) is 14. The van der Waals surface area contributed by atoms with Crippen LogP contribution in [0.15, 0.2) is 35.7 Å². The van der Waals surface area contributed by atoms with Crippen molar-refractivity contribution in [1.82, 2.24) is 10.2 Å². The summed E-state index contributed by atoms with van der Waals surface area (Å²) < 4.78 is 5.86. The van der Waals surface area contributed by atoms with E-state index < -0.39 is 0 Å². The van der Waals surface area contributed by atoms with Crippen LogP contribution in [0.5, 0.6) is 5.75 Å². The van der Waals surface area contributed by atoms with Crippen molar-refractivity contribution in [2.24, 2.45) is 0 Å². The molecule has 5 nitrogen and oxygen atoms in total. The number of thiophene rings is 1. The lowest BCUT2D eigenvalue weighted by atomic mass is 9.86. The normalized spacial score (nSPS) is 14.3. The summed E-state index contributed by atoms with van der Waals surface area (Å²) in [6.07, 6.45) is 26.7. The van der Waals surface area contributed by atoms with Gasteiger partial charge in [0.05, 0.1) is 0 Å². The van der Waals surface area contributed by atoms with Crippen LogP contribution in [0.2, 0.25) is 0 Å². The van der Waals surface area contributed by atoms with Gasteiger partial charge in [0, 0.05) is 36.9 Å². The lowest BCUT2D eigenvalue weighted by molar-refractivity contribution is -0.134. The van der Waals surface area contributed by atoms with Crippen molar-refractivity contribution in [3.63, 3.8) is 0 Å². The van der Waals surface area contributed by atoms with E-state index in [9.17, 15) is 9.59 Å². The summed E-state index contributed by atoms with van der Waals surface area (Å²) in [4.78, 5) is 29.1. The molecule has 1 N–H and O–H groups in total. The Balaban J connectivity index is 1.20. The van der Waals surface area contributed by atoms with Gasteiger partial charge in [-0.2, -0.15) is 0 Å². The second-order valence-electron chi connectivity index (χ2n) is 13.8. The second kappa shape index (κ2) is 24.9. The van der Waals surface area contributed by atoms with Crippen LogP contribution in [0.1, 0.15) is 158 Å². The summed E-state index contributed by atoms with van der Waals surface area (Å²) in [7, 11) is 0. The van der Waals surface area contributed by atoms with Gasteiger partial charge >= 0.3 is 5.97 Å². The molecule has 0 saturated heterocycles. The van der Waals surface area contributed by atoms with Crippen molar-refractivity contribution in [2.75, 3.05) is 19.6 Å². The van der Waals surface area contributed by atoms with E-state index in [1.54, 1.807) is 0 Å². The fourth-order valence-corrected chi connectivity index (χ4v) is 7.71. The van der Waals surface area contributed by atoms with E-state index in [1.165, 1.54) is 99.5 Å². The van der Waals surface area contributed by atoms with Crippen molar-refractivity contribution < 1.29 is 14.3 Å². The van der Waals surface area contributed by atoms with Crippen molar-refractivity contribution in [1.29, 1.82) is 0 Å². The number of esters is 1. The van der Waals surface area contributed by atoms with E-state index in [2.05, 4.69) is 47.6 Å². The van der Waals surface area contributed by atoms with Gasteiger partial charge < -0.3 is 10.1 Å². The maximum atomic E-state index is 12.7. The van der Waals surface area contributed by atoms with Crippen LogP contribution in [-0.2, 0) is 28.9 Å². The van der Waals surface area contributed by atoms with Crippen LogP contribution in [0.4, 0.5) is 0 Å². The number of fused-ring (bicyclic) bond motifs is 1. The maximum absolute atomic E-state index is 12.7. The monoisotopic (exact) mass is 666 g/mol. The van der Waals surface area contributed by atoms with Gasteiger partial charge in [0.1, 0.15) is 5.75 Å². The van der Waals surface area contributed by atoms with Crippen LogP contribution >= 0.6 is 11.3 Å². The molecule has 3 rings (SSSR count). The Kier molecular flexibility index (Phi) is 20.8. The van der Waals surface area contributed by atoms with E-state index in [1.807, 2.05) is 23.5 Å². The molecule has 1 aromatic heterocycles. The minimum atomic E-state index is -0.208. The predicted octanol–water partition coefficient (Wildman–Crippen LogP) is 10.6.